The molecule has 8 nitrogen and oxygen atoms in total. The van der Waals surface area contributed by atoms with Gasteiger partial charge in [0.15, 0.2) is 5.82 Å². The lowest BCUT2D eigenvalue weighted by molar-refractivity contribution is -0.115. The van der Waals surface area contributed by atoms with E-state index in [2.05, 4.69) is 25.5 Å². The molecule has 0 aliphatic carbocycles. The van der Waals surface area contributed by atoms with E-state index in [1.165, 1.54) is 25.6 Å². The van der Waals surface area contributed by atoms with Gasteiger partial charge in [-0.15, -0.1) is 0 Å². The highest BCUT2D eigenvalue weighted by molar-refractivity contribution is 6.32. The first-order valence-electron chi connectivity index (χ1n) is 11.5. The number of carbonyl (C=O) groups is 1. The van der Waals surface area contributed by atoms with Crippen molar-refractivity contribution in [2.75, 3.05) is 30.4 Å². The normalized spacial score (nSPS) is 13.5. The fourth-order valence-electron chi connectivity index (χ4n) is 3.78. The first kappa shape index (κ1) is 25.2. The minimum atomic E-state index is -0.273. The van der Waals surface area contributed by atoms with Crippen molar-refractivity contribution in [1.82, 2.24) is 19.9 Å². The molecule has 1 amide bonds. The molecule has 1 aliphatic rings. The molecule has 0 unspecified atom stereocenters. The third-order valence-electron chi connectivity index (χ3n) is 5.55. The Labute approximate surface area is 204 Å². The Balaban J connectivity index is 0.00000158. The molecule has 2 N–H and O–H groups in total. The molecule has 1 saturated heterocycles. The lowest BCUT2D eigenvalue weighted by Gasteiger charge is -2.26. The molecule has 4 rings (SSSR count). The molecule has 2 aromatic heterocycles. The van der Waals surface area contributed by atoms with Gasteiger partial charge in [0.1, 0.15) is 5.02 Å². The molecular formula is C25H31ClN6O2. The molecule has 1 aromatic carbocycles. The van der Waals surface area contributed by atoms with Crippen molar-refractivity contribution < 1.29 is 4.79 Å². The number of halogens is 1. The first-order valence-corrected chi connectivity index (χ1v) is 11.9. The van der Waals surface area contributed by atoms with Gasteiger partial charge in [-0.3, -0.25) is 9.59 Å². The summed E-state index contributed by atoms with van der Waals surface area (Å²) in [6.07, 6.45) is 7.98. The number of aryl methyl sites for hydroxylation is 1. The van der Waals surface area contributed by atoms with E-state index >= 15 is 0 Å². The lowest BCUT2D eigenvalue weighted by atomic mass is 10.1. The zero-order valence-electron chi connectivity index (χ0n) is 20.1. The number of hydrogen-bond donors (Lipinski definition) is 2. The van der Waals surface area contributed by atoms with Crippen LogP contribution in [0, 0.1) is 0 Å². The number of pyridine rings is 1. The Bertz CT molecular complexity index is 1250. The van der Waals surface area contributed by atoms with Gasteiger partial charge in [-0.1, -0.05) is 25.4 Å². The van der Waals surface area contributed by atoms with E-state index in [1.54, 1.807) is 23.9 Å². The Morgan fingerprint density at radius 1 is 1.15 bits per heavy atom. The zero-order valence-corrected chi connectivity index (χ0v) is 20.8. The van der Waals surface area contributed by atoms with Crippen molar-refractivity contribution >= 4 is 51.9 Å². The lowest BCUT2D eigenvalue weighted by Crippen LogP contribution is -2.31. The van der Waals surface area contributed by atoms with E-state index in [0.717, 1.165) is 42.5 Å². The van der Waals surface area contributed by atoms with Crippen LogP contribution in [0.15, 0.2) is 41.3 Å². The summed E-state index contributed by atoms with van der Waals surface area (Å²) in [4.78, 5) is 35.4. The van der Waals surface area contributed by atoms with Gasteiger partial charge in [-0.2, -0.15) is 4.98 Å². The molecule has 0 bridgehead atoms. The SMILES string of the molecule is CC.CNC(=O)/C=C/c1cc2cc(Nc3nc(N4CCCCC4)ncc3Cl)ccc2n(C)c1=O. The Hall–Kier alpha value is -3.39. The number of anilines is 3. The monoisotopic (exact) mass is 482 g/mol. The number of amides is 1. The van der Waals surface area contributed by atoms with Crippen LogP contribution in [0.2, 0.25) is 5.02 Å². The molecule has 34 heavy (non-hydrogen) atoms. The number of benzene rings is 1. The van der Waals surface area contributed by atoms with Crippen LogP contribution in [0.1, 0.15) is 38.7 Å². The topological polar surface area (TPSA) is 92.2 Å². The number of piperidine rings is 1. The van der Waals surface area contributed by atoms with Crippen LogP contribution < -0.4 is 21.1 Å². The molecule has 3 heterocycles. The van der Waals surface area contributed by atoms with Gasteiger partial charge < -0.3 is 20.1 Å². The number of rotatable bonds is 5. The van der Waals surface area contributed by atoms with Crippen LogP contribution in [-0.4, -0.2) is 40.6 Å². The average Bonchev–Trinajstić information content (AvgIpc) is 2.88. The van der Waals surface area contributed by atoms with E-state index in [1.807, 2.05) is 32.0 Å². The number of likely N-dealkylation sites (N-methyl/N-ethyl adjacent to an activating group) is 1. The number of fused-ring (bicyclic) bond motifs is 1. The molecule has 0 radical (unpaired) electrons. The minimum Gasteiger partial charge on any atom is -0.356 e. The van der Waals surface area contributed by atoms with Crippen LogP contribution in [-0.2, 0) is 11.8 Å². The Kier molecular flexibility index (Phi) is 8.65. The summed E-state index contributed by atoms with van der Waals surface area (Å²) in [5.41, 5.74) is 1.81. The molecule has 1 fully saturated rings. The minimum absolute atomic E-state index is 0.177. The molecule has 3 aromatic rings. The largest absolute Gasteiger partial charge is 0.356 e. The highest BCUT2D eigenvalue weighted by Gasteiger charge is 2.16. The number of hydrogen-bond acceptors (Lipinski definition) is 6. The standard InChI is InChI=1S/C23H25ClN6O2.C2H6/c1-25-20(31)9-6-15-12-16-13-17(7-8-19(16)29(2)22(15)32)27-21-18(24)14-26-23(28-21)30-10-4-3-5-11-30;1-2/h6-9,12-14H,3-5,10-11H2,1-2H3,(H,25,31)(H,26,27,28);1-2H3/b9-6+;. The van der Waals surface area contributed by atoms with Gasteiger partial charge in [-0.25, -0.2) is 4.98 Å². The predicted molar refractivity (Wildman–Crippen MR) is 140 cm³/mol. The average molecular weight is 483 g/mol. The second-order valence-corrected chi connectivity index (χ2v) is 8.13. The van der Waals surface area contributed by atoms with E-state index in [9.17, 15) is 9.59 Å². The van der Waals surface area contributed by atoms with Crippen LogP contribution >= 0.6 is 11.6 Å². The van der Waals surface area contributed by atoms with E-state index in [-0.39, 0.29) is 11.5 Å². The van der Waals surface area contributed by atoms with Gasteiger partial charge in [0, 0.05) is 49.9 Å². The maximum absolute atomic E-state index is 12.6. The summed E-state index contributed by atoms with van der Waals surface area (Å²) in [5, 5.41) is 7.05. The predicted octanol–water partition coefficient (Wildman–Crippen LogP) is 4.50. The summed E-state index contributed by atoms with van der Waals surface area (Å²) in [7, 11) is 3.25. The van der Waals surface area contributed by atoms with Crippen molar-refractivity contribution in [3.63, 3.8) is 0 Å². The van der Waals surface area contributed by atoms with E-state index in [0.29, 0.717) is 22.4 Å². The zero-order chi connectivity index (χ0) is 24.7. The number of carbonyl (C=O) groups excluding carboxylic acids is 1. The molecule has 0 spiro atoms. The molecule has 0 atom stereocenters. The van der Waals surface area contributed by atoms with Crippen molar-refractivity contribution in [2.45, 2.75) is 33.1 Å². The summed E-state index contributed by atoms with van der Waals surface area (Å²) in [6.45, 7) is 5.88. The second-order valence-electron chi connectivity index (χ2n) is 7.72. The second kappa shape index (κ2) is 11.7. The van der Waals surface area contributed by atoms with Gasteiger partial charge in [0.25, 0.3) is 5.56 Å². The number of nitrogens with zero attached hydrogens (tertiary/aromatic N) is 4. The number of nitrogens with one attached hydrogen (secondary N) is 2. The van der Waals surface area contributed by atoms with Crippen LogP contribution in [0.3, 0.4) is 0 Å². The fourth-order valence-corrected chi connectivity index (χ4v) is 3.92. The van der Waals surface area contributed by atoms with Gasteiger partial charge >= 0.3 is 0 Å². The Morgan fingerprint density at radius 2 is 1.88 bits per heavy atom. The molecular weight excluding hydrogens is 452 g/mol. The summed E-state index contributed by atoms with van der Waals surface area (Å²) >= 11 is 6.36. The molecule has 0 saturated carbocycles. The third-order valence-corrected chi connectivity index (χ3v) is 5.82. The fraction of sp³-hybridized carbons (Fsp3) is 0.360. The van der Waals surface area contributed by atoms with Gasteiger partial charge in [0.2, 0.25) is 11.9 Å². The van der Waals surface area contributed by atoms with E-state index < -0.39 is 0 Å². The summed E-state index contributed by atoms with van der Waals surface area (Å²) in [5.74, 6) is 0.929. The van der Waals surface area contributed by atoms with Crippen molar-refractivity contribution in [3.8, 4) is 0 Å². The van der Waals surface area contributed by atoms with Crippen molar-refractivity contribution in [3.05, 3.63) is 57.5 Å². The highest BCUT2D eigenvalue weighted by Crippen LogP contribution is 2.27. The van der Waals surface area contributed by atoms with Crippen molar-refractivity contribution in [2.24, 2.45) is 7.05 Å². The van der Waals surface area contributed by atoms with Gasteiger partial charge in [0.05, 0.1) is 11.7 Å². The summed E-state index contributed by atoms with van der Waals surface area (Å²) < 4.78 is 1.56. The maximum Gasteiger partial charge on any atom is 0.258 e. The van der Waals surface area contributed by atoms with Crippen LogP contribution in [0.5, 0.6) is 0 Å². The van der Waals surface area contributed by atoms with Crippen LogP contribution in [0.25, 0.3) is 17.0 Å². The highest BCUT2D eigenvalue weighted by atomic mass is 35.5. The van der Waals surface area contributed by atoms with Crippen LogP contribution in [0.4, 0.5) is 17.5 Å². The Morgan fingerprint density at radius 3 is 2.59 bits per heavy atom. The van der Waals surface area contributed by atoms with Crippen molar-refractivity contribution in [1.29, 1.82) is 0 Å². The molecule has 180 valence electrons. The smallest absolute Gasteiger partial charge is 0.258 e. The number of aromatic nitrogens is 3. The quantitative estimate of drug-likeness (QED) is 0.520. The van der Waals surface area contributed by atoms with E-state index in [4.69, 9.17) is 11.6 Å². The molecule has 9 heteroatoms. The first-order chi connectivity index (χ1) is 16.5. The summed E-state index contributed by atoms with van der Waals surface area (Å²) in [6, 6.07) is 7.43. The molecule has 1 aliphatic heterocycles. The third kappa shape index (κ3) is 5.75. The maximum atomic E-state index is 12.6. The van der Waals surface area contributed by atoms with Gasteiger partial charge in [-0.05, 0) is 49.6 Å².